The van der Waals surface area contributed by atoms with Crippen molar-refractivity contribution in [1.82, 2.24) is 0 Å². The van der Waals surface area contributed by atoms with Crippen molar-refractivity contribution in [3.8, 4) is 0 Å². The van der Waals surface area contributed by atoms with E-state index in [0.29, 0.717) is 19.8 Å². The monoisotopic (exact) mass is 215 g/mol. The average Bonchev–Trinajstić information content (AvgIpc) is 2.11. The molecule has 1 aliphatic carbocycles. The van der Waals surface area contributed by atoms with Crippen LogP contribution in [0.1, 0.15) is 33.1 Å². The lowest BCUT2D eigenvalue weighted by atomic mass is 9.69. The molecule has 0 unspecified atom stereocenters. The molecular formula is C11H21NO3. The Bertz CT molecular complexity index is 206. The summed E-state index contributed by atoms with van der Waals surface area (Å²) in [6.45, 7) is 5.10. The van der Waals surface area contributed by atoms with E-state index in [2.05, 4.69) is 0 Å². The third-order valence-corrected chi connectivity index (χ3v) is 2.90. The largest absolute Gasteiger partial charge is 0.463 e. The predicted octanol–water partition coefficient (Wildman–Crippen LogP) is 1.08. The molecule has 0 spiro atoms. The van der Waals surface area contributed by atoms with E-state index in [0.717, 1.165) is 19.3 Å². The van der Waals surface area contributed by atoms with Crippen molar-refractivity contribution in [1.29, 1.82) is 0 Å². The van der Waals surface area contributed by atoms with E-state index in [4.69, 9.17) is 15.2 Å². The van der Waals surface area contributed by atoms with E-state index < -0.39 is 0 Å². The van der Waals surface area contributed by atoms with Gasteiger partial charge < -0.3 is 15.2 Å². The van der Waals surface area contributed by atoms with Crippen LogP contribution in [0.15, 0.2) is 0 Å². The zero-order valence-electron chi connectivity index (χ0n) is 9.62. The van der Waals surface area contributed by atoms with Gasteiger partial charge in [0, 0.05) is 6.54 Å². The Balaban J connectivity index is 2.18. The number of carbonyl (C=O) groups is 1. The number of hydrogen-bond donors (Lipinski definition) is 1. The first-order chi connectivity index (χ1) is 7.10. The molecule has 1 fully saturated rings. The van der Waals surface area contributed by atoms with Crippen LogP contribution in [0.25, 0.3) is 0 Å². The van der Waals surface area contributed by atoms with Crippen molar-refractivity contribution in [2.45, 2.75) is 39.2 Å². The second kappa shape index (κ2) is 5.47. The third kappa shape index (κ3) is 3.18. The van der Waals surface area contributed by atoms with Crippen molar-refractivity contribution in [2.75, 3.05) is 19.8 Å². The Hall–Kier alpha value is -0.610. The topological polar surface area (TPSA) is 61.5 Å². The van der Waals surface area contributed by atoms with Crippen LogP contribution in [0.5, 0.6) is 0 Å². The van der Waals surface area contributed by atoms with Crippen LogP contribution in [0, 0.1) is 5.41 Å². The summed E-state index contributed by atoms with van der Waals surface area (Å²) in [7, 11) is 0. The third-order valence-electron chi connectivity index (χ3n) is 2.90. The molecule has 0 aromatic rings. The number of carbonyl (C=O) groups excluding carboxylic acids is 1. The molecule has 0 radical (unpaired) electrons. The standard InChI is InChI=1S/C11H21NO3/c1-9(2)14-6-7-15-10(13)11(8-12)4-3-5-11/h9H,3-8,12H2,1-2H3. The van der Waals surface area contributed by atoms with Gasteiger partial charge in [0.2, 0.25) is 0 Å². The van der Waals surface area contributed by atoms with Crippen molar-refractivity contribution in [3.05, 3.63) is 0 Å². The SMILES string of the molecule is CC(C)OCCOC(=O)C1(CN)CCC1. The molecule has 4 heteroatoms. The lowest BCUT2D eigenvalue weighted by Gasteiger charge is -2.37. The van der Waals surface area contributed by atoms with Crippen LogP contribution in [-0.4, -0.2) is 31.8 Å². The second-order valence-corrected chi connectivity index (χ2v) is 4.39. The highest BCUT2D eigenvalue weighted by atomic mass is 16.6. The van der Waals surface area contributed by atoms with Gasteiger partial charge in [0.25, 0.3) is 0 Å². The first-order valence-electron chi connectivity index (χ1n) is 5.59. The lowest BCUT2D eigenvalue weighted by molar-refractivity contribution is -0.162. The minimum atomic E-state index is -0.377. The van der Waals surface area contributed by atoms with Gasteiger partial charge in [0.15, 0.2) is 0 Å². The maximum absolute atomic E-state index is 11.7. The van der Waals surface area contributed by atoms with Crippen LogP contribution in [0.3, 0.4) is 0 Å². The van der Waals surface area contributed by atoms with Gasteiger partial charge in [0.05, 0.1) is 18.1 Å². The molecule has 0 amide bonds. The molecule has 0 aliphatic heterocycles. The maximum Gasteiger partial charge on any atom is 0.313 e. The molecule has 2 N–H and O–H groups in total. The minimum absolute atomic E-state index is 0.149. The number of rotatable bonds is 6. The van der Waals surface area contributed by atoms with Gasteiger partial charge in [-0.1, -0.05) is 6.42 Å². The van der Waals surface area contributed by atoms with Crippen molar-refractivity contribution in [3.63, 3.8) is 0 Å². The smallest absolute Gasteiger partial charge is 0.313 e. The average molecular weight is 215 g/mol. The molecule has 0 atom stereocenters. The minimum Gasteiger partial charge on any atom is -0.463 e. The molecule has 0 saturated heterocycles. The van der Waals surface area contributed by atoms with Gasteiger partial charge in [-0.05, 0) is 26.7 Å². The van der Waals surface area contributed by atoms with Crippen LogP contribution in [-0.2, 0) is 14.3 Å². The molecule has 4 nitrogen and oxygen atoms in total. The van der Waals surface area contributed by atoms with Gasteiger partial charge >= 0.3 is 5.97 Å². The fraction of sp³-hybridized carbons (Fsp3) is 0.909. The van der Waals surface area contributed by atoms with E-state index in [1.54, 1.807) is 0 Å². The van der Waals surface area contributed by atoms with Gasteiger partial charge in [-0.3, -0.25) is 4.79 Å². The number of hydrogen-bond acceptors (Lipinski definition) is 4. The van der Waals surface area contributed by atoms with E-state index >= 15 is 0 Å². The van der Waals surface area contributed by atoms with Crippen LogP contribution in [0.2, 0.25) is 0 Å². The highest BCUT2D eigenvalue weighted by Crippen LogP contribution is 2.40. The summed E-state index contributed by atoms with van der Waals surface area (Å²) < 4.78 is 10.4. The number of nitrogens with two attached hydrogens (primary N) is 1. The van der Waals surface area contributed by atoms with Gasteiger partial charge in [-0.15, -0.1) is 0 Å². The Morgan fingerprint density at radius 1 is 1.40 bits per heavy atom. The second-order valence-electron chi connectivity index (χ2n) is 4.39. The summed E-state index contributed by atoms with van der Waals surface area (Å²) in [5, 5.41) is 0. The predicted molar refractivity (Wildman–Crippen MR) is 57.4 cm³/mol. The first kappa shape index (κ1) is 12.5. The van der Waals surface area contributed by atoms with E-state index in [-0.39, 0.29) is 17.5 Å². The Labute approximate surface area is 91.1 Å². The molecule has 0 aromatic carbocycles. The van der Waals surface area contributed by atoms with Gasteiger partial charge in [-0.2, -0.15) is 0 Å². The lowest BCUT2D eigenvalue weighted by Crippen LogP contribution is -2.45. The molecule has 88 valence electrons. The van der Waals surface area contributed by atoms with Crippen molar-refractivity contribution in [2.24, 2.45) is 11.1 Å². The van der Waals surface area contributed by atoms with Gasteiger partial charge in [0.1, 0.15) is 6.61 Å². The normalized spacial score (nSPS) is 18.7. The Kier molecular flexibility index (Phi) is 4.54. The van der Waals surface area contributed by atoms with E-state index in [1.165, 1.54) is 0 Å². The molecule has 1 aliphatic rings. The Morgan fingerprint density at radius 3 is 2.47 bits per heavy atom. The molecule has 15 heavy (non-hydrogen) atoms. The fourth-order valence-corrected chi connectivity index (χ4v) is 1.67. The maximum atomic E-state index is 11.7. The highest BCUT2D eigenvalue weighted by molar-refractivity contribution is 5.78. The van der Waals surface area contributed by atoms with E-state index in [1.807, 2.05) is 13.8 Å². The summed E-state index contributed by atoms with van der Waals surface area (Å²) in [4.78, 5) is 11.7. The van der Waals surface area contributed by atoms with Crippen molar-refractivity contribution < 1.29 is 14.3 Å². The number of esters is 1. The first-order valence-corrected chi connectivity index (χ1v) is 5.59. The van der Waals surface area contributed by atoms with Crippen LogP contribution < -0.4 is 5.73 Å². The number of ether oxygens (including phenoxy) is 2. The summed E-state index contributed by atoms with van der Waals surface area (Å²) >= 11 is 0. The molecular weight excluding hydrogens is 194 g/mol. The Morgan fingerprint density at radius 2 is 2.07 bits per heavy atom. The van der Waals surface area contributed by atoms with Crippen LogP contribution in [0.4, 0.5) is 0 Å². The van der Waals surface area contributed by atoms with Crippen LogP contribution >= 0.6 is 0 Å². The zero-order chi connectivity index (χ0) is 11.3. The molecule has 0 bridgehead atoms. The highest BCUT2D eigenvalue weighted by Gasteiger charge is 2.44. The summed E-state index contributed by atoms with van der Waals surface area (Å²) in [5.41, 5.74) is 5.21. The summed E-state index contributed by atoms with van der Waals surface area (Å²) in [6, 6.07) is 0. The summed E-state index contributed by atoms with van der Waals surface area (Å²) in [6.07, 6.45) is 2.99. The summed E-state index contributed by atoms with van der Waals surface area (Å²) in [5.74, 6) is -0.149. The molecule has 1 rings (SSSR count). The molecule has 1 saturated carbocycles. The molecule has 0 heterocycles. The van der Waals surface area contributed by atoms with Crippen molar-refractivity contribution >= 4 is 5.97 Å². The zero-order valence-corrected chi connectivity index (χ0v) is 9.62. The fourth-order valence-electron chi connectivity index (χ4n) is 1.67. The van der Waals surface area contributed by atoms with Gasteiger partial charge in [-0.25, -0.2) is 0 Å². The van der Waals surface area contributed by atoms with E-state index in [9.17, 15) is 4.79 Å². The molecule has 0 aromatic heterocycles. The quantitative estimate of drug-likeness (QED) is 0.532.